The van der Waals surface area contributed by atoms with Crippen LogP contribution < -0.4 is 5.32 Å². The highest BCUT2D eigenvalue weighted by Crippen LogP contribution is 2.48. The molecule has 18 heavy (non-hydrogen) atoms. The van der Waals surface area contributed by atoms with Gasteiger partial charge in [-0.3, -0.25) is 5.32 Å². The van der Waals surface area contributed by atoms with Crippen LogP contribution in [-0.4, -0.2) is 0 Å². The average molecular weight is 235 g/mol. The lowest BCUT2D eigenvalue weighted by molar-refractivity contribution is 0.388. The fourth-order valence-electron chi connectivity index (χ4n) is 3.74. The zero-order valence-corrected chi connectivity index (χ0v) is 10.8. The van der Waals surface area contributed by atoms with Crippen molar-refractivity contribution >= 4 is 0 Å². The number of benzene rings is 2. The van der Waals surface area contributed by atoms with E-state index in [9.17, 15) is 0 Å². The van der Waals surface area contributed by atoms with Gasteiger partial charge in [0.05, 0.1) is 5.54 Å². The van der Waals surface area contributed by atoms with Crippen LogP contribution in [0.1, 0.15) is 40.8 Å². The molecule has 1 nitrogen and oxygen atoms in total. The fraction of sp³-hybridized carbons (Fsp3) is 0.294. The van der Waals surface area contributed by atoms with Crippen LogP contribution in [0.4, 0.5) is 0 Å². The van der Waals surface area contributed by atoms with Gasteiger partial charge >= 0.3 is 0 Å². The molecule has 2 aliphatic heterocycles. The smallest absolute Gasteiger partial charge is 0.0672 e. The molecular formula is C17H17N. The van der Waals surface area contributed by atoms with Crippen LogP contribution in [0, 0.1) is 6.92 Å². The molecule has 0 aliphatic carbocycles. The van der Waals surface area contributed by atoms with Crippen molar-refractivity contribution in [2.75, 3.05) is 0 Å². The first-order valence-corrected chi connectivity index (χ1v) is 6.65. The van der Waals surface area contributed by atoms with Gasteiger partial charge < -0.3 is 0 Å². The maximum atomic E-state index is 3.81. The van der Waals surface area contributed by atoms with Gasteiger partial charge in [0.1, 0.15) is 0 Å². The Morgan fingerprint density at radius 1 is 1.11 bits per heavy atom. The molecule has 0 saturated carbocycles. The Kier molecular flexibility index (Phi) is 1.86. The van der Waals surface area contributed by atoms with Gasteiger partial charge in [-0.05, 0) is 42.5 Å². The molecule has 0 saturated heterocycles. The number of fused-ring (bicyclic) bond motifs is 7. The number of nitrogens with one attached hydrogen (secondary N) is 1. The molecule has 1 N–H and O–H groups in total. The molecule has 0 aromatic heterocycles. The number of aryl methyl sites for hydroxylation is 1. The van der Waals surface area contributed by atoms with Crippen molar-refractivity contribution in [2.45, 2.75) is 31.8 Å². The van der Waals surface area contributed by atoms with E-state index in [1.54, 1.807) is 0 Å². The first-order chi connectivity index (χ1) is 8.68. The van der Waals surface area contributed by atoms with Crippen molar-refractivity contribution in [3.8, 4) is 0 Å². The third-order valence-electron chi connectivity index (χ3n) is 4.56. The van der Waals surface area contributed by atoms with Gasteiger partial charge in [-0.1, -0.05) is 48.0 Å². The highest BCUT2D eigenvalue weighted by molar-refractivity contribution is 5.54. The van der Waals surface area contributed by atoms with Gasteiger partial charge in [-0.15, -0.1) is 0 Å². The predicted molar refractivity (Wildman–Crippen MR) is 73.7 cm³/mol. The van der Waals surface area contributed by atoms with Crippen molar-refractivity contribution in [1.29, 1.82) is 0 Å². The highest BCUT2D eigenvalue weighted by atomic mass is 15.1. The minimum atomic E-state index is 0.00252. The zero-order valence-electron chi connectivity index (χ0n) is 10.8. The van der Waals surface area contributed by atoms with E-state index in [0.29, 0.717) is 6.04 Å². The monoisotopic (exact) mass is 235 g/mol. The maximum Gasteiger partial charge on any atom is 0.0672 e. The second kappa shape index (κ2) is 3.24. The first kappa shape index (κ1) is 10.3. The summed E-state index contributed by atoms with van der Waals surface area (Å²) in [5.74, 6) is 0. The Hall–Kier alpha value is -1.60. The van der Waals surface area contributed by atoms with E-state index in [2.05, 4.69) is 61.6 Å². The quantitative estimate of drug-likeness (QED) is 0.737. The van der Waals surface area contributed by atoms with Crippen LogP contribution in [0.25, 0.3) is 0 Å². The SMILES string of the molecule is Cc1ccc2c(c1)C[C@H]1N[C@]2(C)c2ccccc21. The van der Waals surface area contributed by atoms with Gasteiger partial charge in [-0.2, -0.15) is 0 Å². The summed E-state index contributed by atoms with van der Waals surface area (Å²) in [5, 5.41) is 3.81. The van der Waals surface area contributed by atoms with Crippen LogP contribution in [0.5, 0.6) is 0 Å². The number of hydrogen-bond acceptors (Lipinski definition) is 1. The molecule has 0 amide bonds. The molecule has 0 radical (unpaired) electrons. The minimum absolute atomic E-state index is 0.00252. The molecule has 0 fully saturated rings. The molecule has 2 bridgehead atoms. The summed E-state index contributed by atoms with van der Waals surface area (Å²) in [4.78, 5) is 0. The summed E-state index contributed by atoms with van der Waals surface area (Å²) in [6.07, 6.45) is 1.11. The van der Waals surface area contributed by atoms with Crippen molar-refractivity contribution in [3.05, 3.63) is 70.3 Å². The third kappa shape index (κ3) is 1.15. The molecule has 0 spiro atoms. The Labute approximate surface area is 108 Å². The van der Waals surface area contributed by atoms with Crippen molar-refractivity contribution < 1.29 is 0 Å². The summed E-state index contributed by atoms with van der Waals surface area (Å²) in [6.45, 7) is 4.50. The van der Waals surface area contributed by atoms with E-state index in [1.165, 1.54) is 27.8 Å². The standard InChI is InChI=1S/C17H17N/c1-11-7-8-14-12(9-11)10-16-13-5-3-4-6-15(13)17(14,2)18-16/h3-9,16,18H,10H2,1-2H3/t16-,17+/m1/s1. The first-order valence-electron chi connectivity index (χ1n) is 6.65. The molecule has 2 heterocycles. The predicted octanol–water partition coefficient (Wildman–Crippen LogP) is 3.46. The van der Waals surface area contributed by atoms with Gasteiger partial charge in [-0.25, -0.2) is 0 Å². The number of hydrogen-bond donors (Lipinski definition) is 1. The molecular weight excluding hydrogens is 218 g/mol. The van der Waals surface area contributed by atoms with Gasteiger partial charge in [0, 0.05) is 6.04 Å². The van der Waals surface area contributed by atoms with Gasteiger partial charge in [0.25, 0.3) is 0 Å². The molecule has 4 rings (SSSR count). The van der Waals surface area contributed by atoms with Crippen molar-refractivity contribution in [1.82, 2.24) is 5.32 Å². The molecule has 2 aromatic carbocycles. The van der Waals surface area contributed by atoms with Crippen molar-refractivity contribution in [3.63, 3.8) is 0 Å². The Balaban J connectivity index is 2.02. The van der Waals surface area contributed by atoms with E-state index >= 15 is 0 Å². The summed E-state index contributed by atoms with van der Waals surface area (Å²) >= 11 is 0. The second-order valence-corrected chi connectivity index (χ2v) is 5.77. The Morgan fingerprint density at radius 3 is 2.83 bits per heavy atom. The lowest BCUT2D eigenvalue weighted by Crippen LogP contribution is -2.41. The second-order valence-electron chi connectivity index (χ2n) is 5.77. The largest absolute Gasteiger partial charge is 0.297 e. The Morgan fingerprint density at radius 2 is 1.94 bits per heavy atom. The summed E-state index contributed by atoms with van der Waals surface area (Å²) in [6, 6.07) is 16.2. The summed E-state index contributed by atoms with van der Waals surface area (Å²) < 4.78 is 0. The van der Waals surface area contributed by atoms with E-state index in [-0.39, 0.29) is 5.54 Å². The van der Waals surface area contributed by atoms with Crippen LogP contribution in [0.3, 0.4) is 0 Å². The molecule has 90 valence electrons. The minimum Gasteiger partial charge on any atom is -0.297 e. The molecule has 2 atom stereocenters. The lowest BCUT2D eigenvalue weighted by Gasteiger charge is -2.34. The van der Waals surface area contributed by atoms with E-state index in [1.807, 2.05) is 0 Å². The lowest BCUT2D eigenvalue weighted by atomic mass is 9.82. The van der Waals surface area contributed by atoms with Crippen LogP contribution in [0.2, 0.25) is 0 Å². The molecule has 0 unspecified atom stereocenters. The molecule has 2 aromatic rings. The molecule has 2 aliphatic rings. The van der Waals surface area contributed by atoms with E-state index in [4.69, 9.17) is 0 Å². The van der Waals surface area contributed by atoms with Gasteiger partial charge in [0.15, 0.2) is 0 Å². The van der Waals surface area contributed by atoms with E-state index < -0.39 is 0 Å². The zero-order chi connectivity index (χ0) is 12.3. The summed E-state index contributed by atoms with van der Waals surface area (Å²) in [7, 11) is 0. The van der Waals surface area contributed by atoms with Crippen molar-refractivity contribution in [2.24, 2.45) is 0 Å². The maximum absolute atomic E-state index is 3.81. The third-order valence-corrected chi connectivity index (χ3v) is 4.56. The normalized spacial score (nSPS) is 27.8. The topological polar surface area (TPSA) is 12.0 Å². The Bertz CT molecular complexity index is 644. The average Bonchev–Trinajstić information content (AvgIpc) is 2.60. The van der Waals surface area contributed by atoms with Crippen LogP contribution in [0.15, 0.2) is 42.5 Å². The van der Waals surface area contributed by atoms with Gasteiger partial charge in [0.2, 0.25) is 0 Å². The number of rotatable bonds is 0. The van der Waals surface area contributed by atoms with Crippen LogP contribution >= 0.6 is 0 Å². The fourth-order valence-corrected chi connectivity index (χ4v) is 3.74. The van der Waals surface area contributed by atoms with E-state index in [0.717, 1.165) is 6.42 Å². The highest BCUT2D eigenvalue weighted by Gasteiger charge is 2.45. The molecule has 1 heteroatoms. The summed E-state index contributed by atoms with van der Waals surface area (Å²) in [5.41, 5.74) is 7.27. The van der Waals surface area contributed by atoms with Crippen LogP contribution in [-0.2, 0) is 12.0 Å².